The fourth-order valence-corrected chi connectivity index (χ4v) is 5.50. The highest BCUT2D eigenvalue weighted by Gasteiger charge is 2.38. The number of methoxy groups -OCH3 is 1. The highest BCUT2D eigenvalue weighted by molar-refractivity contribution is 6.10. The van der Waals surface area contributed by atoms with Crippen molar-refractivity contribution in [1.82, 2.24) is 34.3 Å². The van der Waals surface area contributed by atoms with Gasteiger partial charge in [0.2, 0.25) is 11.8 Å². The molecular weight excluding hydrogens is 486 g/mol. The molecule has 4 aromatic rings. The molecule has 1 saturated heterocycles. The Kier molecular flexibility index (Phi) is 6.03. The molecule has 2 amide bonds. The van der Waals surface area contributed by atoms with Crippen LogP contribution in [0.2, 0.25) is 0 Å². The van der Waals surface area contributed by atoms with Gasteiger partial charge in [-0.25, -0.2) is 9.50 Å². The van der Waals surface area contributed by atoms with Gasteiger partial charge >= 0.3 is 0 Å². The van der Waals surface area contributed by atoms with Gasteiger partial charge in [-0.05, 0) is 38.2 Å². The molecular formula is C26H29N9O3. The van der Waals surface area contributed by atoms with Crippen LogP contribution < -0.4 is 15.4 Å². The summed E-state index contributed by atoms with van der Waals surface area (Å²) in [7, 11) is 3.32. The van der Waals surface area contributed by atoms with Crippen LogP contribution in [0.4, 0.5) is 11.4 Å². The van der Waals surface area contributed by atoms with Gasteiger partial charge in [-0.2, -0.15) is 10.2 Å². The maximum atomic E-state index is 13.3. The molecule has 2 bridgehead atoms. The monoisotopic (exact) mass is 515 g/mol. The fraction of sp³-hybridized carbons (Fsp3) is 0.385. The first kappa shape index (κ1) is 24.0. The van der Waals surface area contributed by atoms with Gasteiger partial charge in [-0.1, -0.05) is 0 Å². The molecule has 1 aliphatic heterocycles. The van der Waals surface area contributed by atoms with E-state index >= 15 is 0 Å². The van der Waals surface area contributed by atoms with Crippen LogP contribution in [0.15, 0.2) is 37.1 Å². The van der Waals surface area contributed by atoms with Crippen molar-refractivity contribution in [3.8, 4) is 17.1 Å². The lowest BCUT2D eigenvalue weighted by Gasteiger charge is -2.25. The number of rotatable bonds is 7. The smallest absolute Gasteiger partial charge is 0.259 e. The molecule has 0 aromatic carbocycles. The number of anilines is 2. The fourth-order valence-electron chi connectivity index (χ4n) is 5.50. The molecule has 0 spiro atoms. The van der Waals surface area contributed by atoms with E-state index < -0.39 is 5.91 Å². The Labute approximate surface area is 219 Å². The van der Waals surface area contributed by atoms with Crippen molar-refractivity contribution in [2.75, 3.05) is 30.8 Å². The number of piperidine rings is 1. The molecule has 1 saturated carbocycles. The lowest BCUT2D eigenvalue weighted by molar-refractivity contribution is -0.117. The molecule has 12 nitrogen and oxygen atoms in total. The van der Waals surface area contributed by atoms with E-state index in [4.69, 9.17) is 4.74 Å². The molecule has 6 rings (SSSR count). The first-order chi connectivity index (χ1) is 18.4. The number of nitrogens with zero attached hydrogens (tertiary/aromatic N) is 7. The Morgan fingerprint density at radius 1 is 1.13 bits per heavy atom. The Morgan fingerprint density at radius 2 is 2.00 bits per heavy atom. The average molecular weight is 516 g/mol. The first-order valence-electron chi connectivity index (χ1n) is 12.6. The van der Waals surface area contributed by atoms with Gasteiger partial charge < -0.3 is 15.4 Å². The minimum absolute atomic E-state index is 0.0802. The Balaban J connectivity index is 1.20. The second kappa shape index (κ2) is 9.53. The largest absolute Gasteiger partial charge is 0.479 e. The molecule has 196 valence electrons. The predicted molar refractivity (Wildman–Crippen MR) is 140 cm³/mol. The third kappa shape index (κ3) is 4.47. The third-order valence-corrected chi connectivity index (χ3v) is 7.39. The van der Waals surface area contributed by atoms with Crippen LogP contribution in [0.25, 0.3) is 16.8 Å². The Bertz CT molecular complexity index is 1540. The highest BCUT2D eigenvalue weighted by Crippen LogP contribution is 2.37. The number of ether oxygens (including phenoxy) is 1. The zero-order valence-corrected chi connectivity index (χ0v) is 21.5. The Morgan fingerprint density at radius 3 is 2.71 bits per heavy atom. The molecule has 38 heavy (non-hydrogen) atoms. The highest BCUT2D eigenvalue weighted by atomic mass is 16.5. The number of hydrogen-bond acceptors (Lipinski definition) is 8. The minimum Gasteiger partial charge on any atom is -0.479 e. The van der Waals surface area contributed by atoms with Gasteiger partial charge in [0.15, 0.2) is 0 Å². The lowest BCUT2D eigenvalue weighted by atomic mass is 10.1. The molecule has 2 aliphatic rings. The topological polar surface area (TPSA) is 132 Å². The Hall–Kier alpha value is -4.32. The molecule has 1 aliphatic carbocycles. The number of carbonyl (C=O) groups excluding carboxylic acids is 2. The molecule has 0 radical (unpaired) electrons. The zero-order chi connectivity index (χ0) is 26.4. The normalized spacial score (nSPS) is 18.7. The summed E-state index contributed by atoms with van der Waals surface area (Å²) >= 11 is 0. The van der Waals surface area contributed by atoms with Crippen LogP contribution in [0.5, 0.6) is 5.88 Å². The van der Waals surface area contributed by atoms with Crippen molar-refractivity contribution in [2.45, 2.75) is 32.2 Å². The van der Waals surface area contributed by atoms with E-state index in [-0.39, 0.29) is 11.8 Å². The minimum atomic E-state index is -0.393. The average Bonchev–Trinajstić information content (AvgIpc) is 3.69. The van der Waals surface area contributed by atoms with E-state index in [2.05, 4.69) is 35.7 Å². The second-order valence-corrected chi connectivity index (χ2v) is 10.0. The standard InChI is InChI=1S/C26H29N9O3/c1-15-21(7-18(9-27-15)30-23(36)14-34-11-16-4-5-19(34)6-16)31-25(37)20-10-29-35-13-22(17-8-28-33(2)12-17)32-26(38-3)24(20)35/h7-10,12-13,16,19H,4-6,11,14H2,1-3H3,(H,30,36)(H,31,37)/t16-,19+/m1/s1. The summed E-state index contributed by atoms with van der Waals surface area (Å²) < 4.78 is 8.76. The number of nitrogens with one attached hydrogen (secondary N) is 2. The molecule has 2 N–H and O–H groups in total. The van der Waals surface area contributed by atoms with Gasteiger partial charge in [-0.15, -0.1) is 0 Å². The van der Waals surface area contributed by atoms with Crippen molar-refractivity contribution >= 4 is 28.7 Å². The lowest BCUT2D eigenvalue weighted by Crippen LogP contribution is -2.38. The number of likely N-dealkylation sites (tertiary alicyclic amines) is 1. The van der Waals surface area contributed by atoms with Gasteiger partial charge in [-0.3, -0.25) is 24.2 Å². The van der Waals surface area contributed by atoms with Gasteiger partial charge in [0.05, 0.1) is 66.8 Å². The number of fused-ring (bicyclic) bond motifs is 3. The summed E-state index contributed by atoms with van der Waals surface area (Å²) in [5.41, 5.74) is 3.78. The van der Waals surface area contributed by atoms with E-state index in [9.17, 15) is 9.59 Å². The van der Waals surface area contributed by atoms with Crippen molar-refractivity contribution < 1.29 is 14.3 Å². The molecule has 4 aromatic heterocycles. The summed E-state index contributed by atoms with van der Waals surface area (Å²) in [6.07, 6.45) is 12.0. The first-order valence-corrected chi connectivity index (χ1v) is 12.6. The van der Waals surface area contributed by atoms with Gasteiger partial charge in [0.1, 0.15) is 5.52 Å². The SMILES string of the molecule is COc1nc(-c2cnn(C)c2)cn2ncc(C(=O)Nc3cc(NC(=O)CN4C[C@@H]5CC[C@H]4C5)cnc3C)c12. The van der Waals surface area contributed by atoms with Gasteiger partial charge in [0, 0.05) is 31.4 Å². The number of aromatic nitrogens is 6. The predicted octanol–water partition coefficient (Wildman–Crippen LogP) is 2.52. The zero-order valence-electron chi connectivity index (χ0n) is 21.5. The van der Waals surface area contributed by atoms with Crippen LogP contribution in [0.3, 0.4) is 0 Å². The van der Waals surface area contributed by atoms with Crippen molar-refractivity contribution in [1.29, 1.82) is 0 Å². The summed E-state index contributed by atoms with van der Waals surface area (Å²) in [5.74, 6) is 0.519. The van der Waals surface area contributed by atoms with E-state index in [0.717, 1.165) is 18.0 Å². The van der Waals surface area contributed by atoms with Crippen LogP contribution in [-0.2, 0) is 11.8 Å². The van der Waals surface area contributed by atoms with Crippen LogP contribution in [0.1, 0.15) is 35.3 Å². The number of carbonyl (C=O) groups is 2. The van der Waals surface area contributed by atoms with E-state index in [0.29, 0.717) is 46.4 Å². The molecule has 0 unspecified atom stereocenters. The quantitative estimate of drug-likeness (QED) is 0.384. The van der Waals surface area contributed by atoms with Crippen LogP contribution >= 0.6 is 0 Å². The number of pyridine rings is 1. The number of hydrogen-bond donors (Lipinski definition) is 2. The molecule has 2 atom stereocenters. The molecule has 2 fully saturated rings. The van der Waals surface area contributed by atoms with E-state index in [1.165, 1.54) is 32.6 Å². The summed E-state index contributed by atoms with van der Waals surface area (Å²) in [6.45, 7) is 3.15. The number of amides is 2. The maximum Gasteiger partial charge on any atom is 0.259 e. The van der Waals surface area contributed by atoms with Crippen molar-refractivity contribution in [3.05, 3.63) is 48.3 Å². The van der Waals surface area contributed by atoms with Crippen LogP contribution in [0, 0.1) is 12.8 Å². The second-order valence-electron chi connectivity index (χ2n) is 10.0. The summed E-state index contributed by atoms with van der Waals surface area (Å²) in [6, 6.07) is 2.24. The van der Waals surface area contributed by atoms with E-state index in [1.54, 1.807) is 40.8 Å². The third-order valence-electron chi connectivity index (χ3n) is 7.39. The van der Waals surface area contributed by atoms with E-state index in [1.807, 2.05) is 13.2 Å². The van der Waals surface area contributed by atoms with Crippen LogP contribution in [-0.4, -0.2) is 72.3 Å². The van der Waals surface area contributed by atoms with Gasteiger partial charge in [0.25, 0.3) is 5.91 Å². The molecule has 5 heterocycles. The van der Waals surface area contributed by atoms with Crippen molar-refractivity contribution in [3.63, 3.8) is 0 Å². The summed E-state index contributed by atoms with van der Waals surface area (Å²) in [5, 5.41) is 14.4. The molecule has 12 heteroatoms. The summed E-state index contributed by atoms with van der Waals surface area (Å²) in [4.78, 5) is 37.2. The number of aryl methyl sites for hydroxylation is 2. The van der Waals surface area contributed by atoms with Crippen molar-refractivity contribution in [2.24, 2.45) is 13.0 Å². The maximum absolute atomic E-state index is 13.3.